The molecule has 0 saturated heterocycles. The number of hydrogen-bond donors (Lipinski definition) is 3. The van der Waals surface area contributed by atoms with Crippen molar-refractivity contribution in [1.29, 1.82) is 5.41 Å². The highest BCUT2D eigenvalue weighted by Crippen LogP contribution is 2.22. The van der Waals surface area contributed by atoms with Crippen LogP contribution >= 0.6 is 11.6 Å². The van der Waals surface area contributed by atoms with Crippen LogP contribution in [0.5, 0.6) is 5.75 Å². The van der Waals surface area contributed by atoms with Gasteiger partial charge in [0.25, 0.3) is 0 Å². The van der Waals surface area contributed by atoms with E-state index in [1.54, 1.807) is 7.11 Å². The molecule has 3 N–H and O–H groups in total. The molecule has 8 heteroatoms. The van der Waals surface area contributed by atoms with E-state index in [9.17, 15) is 0 Å². The third-order valence-electron chi connectivity index (χ3n) is 4.73. The van der Waals surface area contributed by atoms with Crippen LogP contribution < -0.4 is 15.4 Å². The number of aromatic nitrogens is 2. The van der Waals surface area contributed by atoms with Crippen molar-refractivity contribution >= 4 is 29.5 Å². The first-order valence-corrected chi connectivity index (χ1v) is 10.6. The average molecular weight is 455 g/mol. The number of rotatable bonds is 13. The van der Waals surface area contributed by atoms with Gasteiger partial charge in [-0.25, -0.2) is 0 Å². The number of ether oxygens (including phenoxy) is 1. The average Bonchev–Trinajstić information content (AvgIpc) is 2.79. The molecule has 0 amide bonds. The summed E-state index contributed by atoms with van der Waals surface area (Å²) in [5.41, 5.74) is 3.42. The van der Waals surface area contributed by atoms with Gasteiger partial charge in [0.2, 0.25) is 5.28 Å². The molecule has 7 nitrogen and oxygen atoms in total. The lowest BCUT2D eigenvalue weighted by Crippen LogP contribution is -2.19. The normalized spacial score (nSPS) is 10.9. The predicted molar refractivity (Wildman–Crippen MR) is 134 cm³/mol. The number of nitrogens with one attached hydrogen (secondary N) is 3. The van der Waals surface area contributed by atoms with Crippen LogP contribution in [0.4, 0.5) is 11.6 Å². The summed E-state index contributed by atoms with van der Waals surface area (Å²) in [6.07, 6.45) is 5.09. The van der Waals surface area contributed by atoms with Gasteiger partial charge < -0.3 is 25.7 Å². The van der Waals surface area contributed by atoms with E-state index in [0.29, 0.717) is 30.3 Å². The summed E-state index contributed by atoms with van der Waals surface area (Å²) < 4.78 is 5.18. The zero-order valence-electron chi connectivity index (χ0n) is 18.9. The number of likely N-dealkylation sites (N-methyl/N-ethyl adjacent to an activating group) is 1. The molecular formula is C24H31ClN6O. The van der Waals surface area contributed by atoms with Crippen molar-refractivity contribution in [2.75, 3.05) is 44.4 Å². The standard InChI is InChI=1S/C24H31ClN6O/c1-6-31(4)16-18(3)8-7-17(2)14-27-22-21(13-26)23(30-24(25)29-22)28-15-19-9-11-20(32-5)12-10-19/h7-13,26H,2-3,6,14-16H2,1,4-5H3,(H2,27,28,29,30)/b8-7-,26-13?. The van der Waals surface area contributed by atoms with Gasteiger partial charge in [-0.1, -0.05) is 44.4 Å². The lowest BCUT2D eigenvalue weighted by Gasteiger charge is -2.14. The molecule has 2 rings (SSSR count). The third-order valence-corrected chi connectivity index (χ3v) is 4.90. The second-order valence-electron chi connectivity index (χ2n) is 7.28. The first kappa shape index (κ1) is 25.1. The van der Waals surface area contributed by atoms with Gasteiger partial charge in [0.15, 0.2) is 0 Å². The number of methoxy groups -OCH3 is 1. The molecule has 0 bridgehead atoms. The van der Waals surface area contributed by atoms with E-state index in [4.69, 9.17) is 21.7 Å². The number of benzene rings is 1. The lowest BCUT2D eigenvalue weighted by atomic mass is 10.2. The van der Waals surface area contributed by atoms with E-state index >= 15 is 0 Å². The minimum atomic E-state index is 0.0902. The first-order valence-electron chi connectivity index (χ1n) is 10.3. The molecule has 1 aromatic heterocycles. The first-order chi connectivity index (χ1) is 15.4. The Morgan fingerprint density at radius 3 is 2.34 bits per heavy atom. The summed E-state index contributed by atoms with van der Waals surface area (Å²) in [5.74, 6) is 1.74. The van der Waals surface area contributed by atoms with Crippen molar-refractivity contribution in [3.63, 3.8) is 0 Å². The fraction of sp³-hybridized carbons (Fsp3) is 0.292. The maximum absolute atomic E-state index is 7.84. The van der Waals surface area contributed by atoms with E-state index in [-0.39, 0.29) is 5.28 Å². The number of hydrogen-bond acceptors (Lipinski definition) is 7. The van der Waals surface area contributed by atoms with E-state index in [1.165, 1.54) is 6.21 Å². The highest BCUT2D eigenvalue weighted by molar-refractivity contribution is 6.28. The van der Waals surface area contributed by atoms with E-state index in [0.717, 1.165) is 35.5 Å². The Bertz CT molecular complexity index is 971. The van der Waals surface area contributed by atoms with Crippen LogP contribution in [0.3, 0.4) is 0 Å². The Kier molecular flexibility index (Phi) is 9.91. The van der Waals surface area contributed by atoms with E-state index in [1.807, 2.05) is 43.5 Å². The molecule has 0 fully saturated rings. The second kappa shape index (κ2) is 12.6. The molecule has 1 aromatic carbocycles. The van der Waals surface area contributed by atoms with Crippen LogP contribution in [0.1, 0.15) is 18.1 Å². The van der Waals surface area contributed by atoms with Gasteiger partial charge in [0, 0.05) is 25.8 Å². The predicted octanol–water partition coefficient (Wildman–Crippen LogP) is 4.78. The minimum Gasteiger partial charge on any atom is -0.497 e. The van der Waals surface area contributed by atoms with Crippen molar-refractivity contribution in [3.8, 4) is 5.75 Å². The second-order valence-corrected chi connectivity index (χ2v) is 7.62. The molecule has 0 atom stereocenters. The Morgan fingerprint density at radius 1 is 1.12 bits per heavy atom. The molecule has 0 unspecified atom stereocenters. The molecule has 0 saturated carbocycles. The molecule has 0 aliphatic rings. The van der Waals surface area contributed by atoms with Gasteiger partial charge in [-0.15, -0.1) is 0 Å². The topological polar surface area (TPSA) is 86.2 Å². The quantitative estimate of drug-likeness (QED) is 0.229. The smallest absolute Gasteiger partial charge is 0.226 e. The van der Waals surface area contributed by atoms with Gasteiger partial charge in [-0.2, -0.15) is 9.97 Å². The Balaban J connectivity index is 2.03. The number of halogens is 1. The van der Waals surface area contributed by atoms with Crippen LogP contribution in [-0.2, 0) is 6.54 Å². The number of nitrogens with zero attached hydrogens (tertiary/aromatic N) is 3. The lowest BCUT2D eigenvalue weighted by molar-refractivity contribution is 0.386. The maximum atomic E-state index is 7.84. The summed E-state index contributed by atoms with van der Waals surface area (Å²) in [4.78, 5) is 10.7. The Hall–Kier alpha value is -3.16. The molecule has 32 heavy (non-hydrogen) atoms. The Labute approximate surface area is 195 Å². The molecule has 0 spiro atoms. The van der Waals surface area contributed by atoms with Gasteiger partial charge in [0.1, 0.15) is 17.4 Å². The monoisotopic (exact) mass is 454 g/mol. The molecule has 1 heterocycles. The van der Waals surface area contributed by atoms with Crippen LogP contribution in [0.2, 0.25) is 5.28 Å². The molecule has 170 valence electrons. The molecule has 2 aromatic rings. The number of anilines is 2. The highest BCUT2D eigenvalue weighted by Gasteiger charge is 2.12. The highest BCUT2D eigenvalue weighted by atomic mass is 35.5. The van der Waals surface area contributed by atoms with Crippen molar-refractivity contribution in [3.05, 3.63) is 77.1 Å². The molecule has 0 radical (unpaired) electrons. The van der Waals surface area contributed by atoms with Crippen LogP contribution in [0, 0.1) is 5.41 Å². The van der Waals surface area contributed by atoms with E-state index < -0.39 is 0 Å². The summed E-state index contributed by atoms with van der Waals surface area (Å²) in [7, 11) is 3.68. The zero-order valence-corrected chi connectivity index (χ0v) is 19.7. The molecule has 0 aliphatic carbocycles. The van der Waals surface area contributed by atoms with Crippen molar-refractivity contribution in [2.45, 2.75) is 13.5 Å². The Morgan fingerprint density at radius 2 is 1.75 bits per heavy atom. The van der Waals surface area contributed by atoms with Gasteiger partial charge in [0.05, 0.1) is 12.7 Å². The fourth-order valence-electron chi connectivity index (χ4n) is 2.78. The van der Waals surface area contributed by atoms with Gasteiger partial charge in [-0.05, 0) is 54.0 Å². The SMILES string of the molecule is C=C(/C=C\C(=C)CN(C)CC)CNc1nc(Cl)nc(NCc2ccc(OC)cc2)c1C=N. The fourth-order valence-corrected chi connectivity index (χ4v) is 2.95. The van der Waals surface area contributed by atoms with Crippen LogP contribution in [-0.4, -0.2) is 54.9 Å². The summed E-state index contributed by atoms with van der Waals surface area (Å²) >= 11 is 6.13. The van der Waals surface area contributed by atoms with Crippen LogP contribution in [0.25, 0.3) is 0 Å². The van der Waals surface area contributed by atoms with Crippen molar-refractivity contribution in [2.24, 2.45) is 0 Å². The van der Waals surface area contributed by atoms with Gasteiger partial charge in [-0.3, -0.25) is 0 Å². The van der Waals surface area contributed by atoms with Crippen LogP contribution in [0.15, 0.2) is 60.7 Å². The van der Waals surface area contributed by atoms with Crippen molar-refractivity contribution in [1.82, 2.24) is 14.9 Å². The van der Waals surface area contributed by atoms with E-state index in [2.05, 4.69) is 45.6 Å². The molecular weight excluding hydrogens is 424 g/mol. The summed E-state index contributed by atoms with van der Waals surface area (Å²) in [6, 6.07) is 7.70. The molecule has 0 aliphatic heterocycles. The maximum Gasteiger partial charge on any atom is 0.226 e. The summed E-state index contributed by atoms with van der Waals surface area (Å²) in [5, 5.41) is 14.4. The minimum absolute atomic E-state index is 0.0902. The third kappa shape index (κ3) is 7.83. The zero-order chi connectivity index (χ0) is 23.5. The largest absolute Gasteiger partial charge is 0.497 e. The summed E-state index contributed by atoms with van der Waals surface area (Å²) in [6.45, 7) is 13.0. The van der Waals surface area contributed by atoms with Gasteiger partial charge >= 0.3 is 0 Å². The van der Waals surface area contributed by atoms with Crippen molar-refractivity contribution < 1.29 is 4.74 Å².